The Morgan fingerprint density at radius 1 is 1.21 bits per heavy atom. The van der Waals surface area contributed by atoms with Gasteiger partial charge in [-0.15, -0.1) is 0 Å². The molecule has 1 aromatic heterocycles. The van der Waals surface area contributed by atoms with Crippen molar-refractivity contribution in [1.82, 2.24) is 15.1 Å². The molecule has 24 heavy (non-hydrogen) atoms. The Morgan fingerprint density at radius 3 is 2.42 bits per heavy atom. The number of nitrogens with one attached hydrogen (secondary N) is 1. The summed E-state index contributed by atoms with van der Waals surface area (Å²) in [5.41, 5.74) is 2.24. The second kappa shape index (κ2) is 7.77. The maximum absolute atomic E-state index is 12.4. The average molecular weight is 329 g/mol. The molecule has 1 aromatic carbocycles. The Labute approximate surface area is 141 Å². The quantitative estimate of drug-likeness (QED) is 0.818. The highest BCUT2D eigenvalue weighted by atomic mass is 16.4. The molecule has 2 unspecified atom stereocenters. The van der Waals surface area contributed by atoms with Gasteiger partial charge in [-0.1, -0.05) is 37.6 Å². The maximum Gasteiger partial charge on any atom is 0.356 e. The number of carbonyl (C=O) groups excluding carboxylic acids is 1. The lowest BCUT2D eigenvalue weighted by molar-refractivity contribution is -0.124. The van der Waals surface area contributed by atoms with E-state index in [4.69, 9.17) is 5.11 Å². The standard InChI is InChI=1S/C18H23N3O3/c1-4-5-14-6-8-15(9-7-14)12(2)19-17(22)13(3)21-11-10-16(20-21)18(23)24/h6-13H,4-5H2,1-3H3,(H,19,22)(H,23,24). The molecule has 0 radical (unpaired) electrons. The second-order valence-corrected chi connectivity index (χ2v) is 5.88. The minimum atomic E-state index is -1.11. The summed E-state index contributed by atoms with van der Waals surface area (Å²) in [6, 6.07) is 8.87. The van der Waals surface area contributed by atoms with Gasteiger partial charge in [-0.25, -0.2) is 4.79 Å². The van der Waals surface area contributed by atoms with Crippen molar-refractivity contribution >= 4 is 11.9 Å². The predicted molar refractivity (Wildman–Crippen MR) is 90.9 cm³/mol. The largest absolute Gasteiger partial charge is 0.476 e. The van der Waals surface area contributed by atoms with Crippen LogP contribution in [0.5, 0.6) is 0 Å². The minimum absolute atomic E-state index is 0.0748. The van der Waals surface area contributed by atoms with E-state index >= 15 is 0 Å². The summed E-state index contributed by atoms with van der Waals surface area (Å²) >= 11 is 0. The highest BCUT2D eigenvalue weighted by Crippen LogP contribution is 2.16. The van der Waals surface area contributed by atoms with Crippen molar-refractivity contribution in [3.63, 3.8) is 0 Å². The van der Waals surface area contributed by atoms with Crippen LogP contribution in [0, 0.1) is 0 Å². The Kier molecular flexibility index (Phi) is 5.73. The van der Waals surface area contributed by atoms with Gasteiger partial charge < -0.3 is 10.4 Å². The first-order valence-corrected chi connectivity index (χ1v) is 8.10. The topological polar surface area (TPSA) is 84.2 Å². The van der Waals surface area contributed by atoms with Crippen LogP contribution in [0.2, 0.25) is 0 Å². The van der Waals surface area contributed by atoms with Crippen LogP contribution in [0.4, 0.5) is 0 Å². The highest BCUT2D eigenvalue weighted by Gasteiger charge is 2.19. The molecule has 0 spiro atoms. The van der Waals surface area contributed by atoms with Crippen LogP contribution >= 0.6 is 0 Å². The monoisotopic (exact) mass is 329 g/mol. The minimum Gasteiger partial charge on any atom is -0.476 e. The van der Waals surface area contributed by atoms with Crippen LogP contribution in [-0.2, 0) is 11.2 Å². The third-order valence-electron chi connectivity index (χ3n) is 3.98. The average Bonchev–Trinajstić information content (AvgIpc) is 3.05. The summed E-state index contributed by atoms with van der Waals surface area (Å²) in [4.78, 5) is 23.2. The van der Waals surface area contributed by atoms with Crippen molar-refractivity contribution in [1.29, 1.82) is 0 Å². The molecule has 0 aliphatic carbocycles. The summed E-state index contributed by atoms with van der Waals surface area (Å²) in [6.07, 6.45) is 3.65. The number of rotatable bonds is 7. The number of amides is 1. The predicted octanol–water partition coefficient (Wildman–Crippen LogP) is 2.97. The first-order chi connectivity index (χ1) is 11.4. The van der Waals surface area contributed by atoms with Gasteiger partial charge in [0.15, 0.2) is 5.69 Å². The SMILES string of the molecule is CCCc1ccc(C(C)NC(=O)C(C)n2ccc(C(=O)O)n2)cc1. The smallest absolute Gasteiger partial charge is 0.356 e. The number of aromatic nitrogens is 2. The second-order valence-electron chi connectivity index (χ2n) is 5.88. The first-order valence-electron chi connectivity index (χ1n) is 8.10. The summed E-state index contributed by atoms with van der Waals surface area (Å²) < 4.78 is 1.36. The molecule has 0 saturated heterocycles. The van der Waals surface area contributed by atoms with E-state index < -0.39 is 12.0 Å². The molecule has 6 nitrogen and oxygen atoms in total. The van der Waals surface area contributed by atoms with Gasteiger partial charge in [-0.2, -0.15) is 5.10 Å². The lowest BCUT2D eigenvalue weighted by Gasteiger charge is -2.18. The van der Waals surface area contributed by atoms with Gasteiger partial charge in [0.2, 0.25) is 5.91 Å². The number of nitrogens with zero attached hydrogens (tertiary/aromatic N) is 2. The van der Waals surface area contributed by atoms with Gasteiger partial charge in [0.25, 0.3) is 0 Å². The number of benzene rings is 1. The molecule has 1 heterocycles. The van der Waals surface area contributed by atoms with Gasteiger partial charge >= 0.3 is 5.97 Å². The van der Waals surface area contributed by atoms with Crippen LogP contribution in [0.25, 0.3) is 0 Å². The van der Waals surface area contributed by atoms with E-state index in [2.05, 4.69) is 29.5 Å². The number of aryl methyl sites for hydroxylation is 1. The van der Waals surface area contributed by atoms with Crippen LogP contribution in [0.3, 0.4) is 0 Å². The van der Waals surface area contributed by atoms with E-state index in [1.54, 1.807) is 6.92 Å². The van der Waals surface area contributed by atoms with Crippen molar-refractivity contribution < 1.29 is 14.7 Å². The van der Waals surface area contributed by atoms with Gasteiger partial charge in [-0.3, -0.25) is 9.48 Å². The zero-order valence-corrected chi connectivity index (χ0v) is 14.2. The molecule has 2 atom stereocenters. The third kappa shape index (κ3) is 4.22. The Bertz CT molecular complexity index is 707. The maximum atomic E-state index is 12.4. The van der Waals surface area contributed by atoms with E-state index in [0.29, 0.717) is 0 Å². The summed E-state index contributed by atoms with van der Waals surface area (Å²) in [7, 11) is 0. The van der Waals surface area contributed by atoms with Crippen molar-refractivity contribution in [3.8, 4) is 0 Å². The van der Waals surface area contributed by atoms with Crippen LogP contribution in [0.15, 0.2) is 36.5 Å². The number of carboxylic acids is 1. The van der Waals surface area contributed by atoms with Crippen LogP contribution in [0.1, 0.15) is 60.9 Å². The fourth-order valence-electron chi connectivity index (χ4n) is 2.47. The van der Waals surface area contributed by atoms with Crippen molar-refractivity contribution in [2.75, 3.05) is 0 Å². The molecular weight excluding hydrogens is 306 g/mol. The van der Waals surface area contributed by atoms with Crippen molar-refractivity contribution in [2.24, 2.45) is 0 Å². The van der Waals surface area contributed by atoms with Crippen LogP contribution in [-0.4, -0.2) is 26.8 Å². The molecule has 0 fully saturated rings. The number of aromatic carboxylic acids is 1. The van der Waals surface area contributed by atoms with Crippen molar-refractivity contribution in [3.05, 3.63) is 53.3 Å². The number of carbonyl (C=O) groups is 2. The van der Waals surface area contributed by atoms with Crippen LogP contribution < -0.4 is 5.32 Å². The third-order valence-corrected chi connectivity index (χ3v) is 3.98. The van der Waals surface area contributed by atoms with Gasteiger partial charge in [-0.05, 0) is 37.5 Å². The fraction of sp³-hybridized carbons (Fsp3) is 0.389. The van der Waals surface area contributed by atoms with E-state index in [-0.39, 0.29) is 17.6 Å². The molecule has 0 saturated carbocycles. The lowest BCUT2D eigenvalue weighted by Crippen LogP contribution is -2.33. The zero-order chi connectivity index (χ0) is 17.7. The fourth-order valence-corrected chi connectivity index (χ4v) is 2.47. The Balaban J connectivity index is 2.00. The first kappa shape index (κ1) is 17.7. The van der Waals surface area contributed by atoms with E-state index in [1.165, 1.54) is 22.5 Å². The van der Waals surface area contributed by atoms with E-state index in [0.717, 1.165) is 18.4 Å². The van der Waals surface area contributed by atoms with Gasteiger partial charge in [0.1, 0.15) is 6.04 Å². The lowest BCUT2D eigenvalue weighted by atomic mass is 10.0. The summed E-state index contributed by atoms with van der Waals surface area (Å²) in [6.45, 7) is 5.75. The Hall–Kier alpha value is -2.63. The molecule has 6 heteroatoms. The summed E-state index contributed by atoms with van der Waals surface area (Å²) in [5, 5.41) is 15.7. The molecule has 1 amide bonds. The van der Waals surface area contributed by atoms with E-state index in [9.17, 15) is 9.59 Å². The van der Waals surface area contributed by atoms with Gasteiger partial charge in [0, 0.05) is 6.20 Å². The molecule has 128 valence electrons. The van der Waals surface area contributed by atoms with Gasteiger partial charge in [0.05, 0.1) is 6.04 Å². The number of hydrogen-bond acceptors (Lipinski definition) is 3. The molecule has 0 aliphatic heterocycles. The normalized spacial score (nSPS) is 13.3. The molecule has 0 bridgehead atoms. The van der Waals surface area contributed by atoms with E-state index in [1.807, 2.05) is 19.1 Å². The molecule has 0 aliphatic rings. The van der Waals surface area contributed by atoms with Crippen molar-refractivity contribution in [2.45, 2.75) is 45.7 Å². The number of hydrogen-bond donors (Lipinski definition) is 2. The highest BCUT2D eigenvalue weighted by molar-refractivity contribution is 5.85. The zero-order valence-electron chi connectivity index (χ0n) is 14.2. The molecule has 2 aromatic rings. The molecule has 2 rings (SSSR count). The molecule has 2 N–H and O–H groups in total. The molecular formula is C18H23N3O3. The summed E-state index contributed by atoms with van der Waals surface area (Å²) in [5.74, 6) is -1.32. The Morgan fingerprint density at radius 2 is 1.88 bits per heavy atom. The number of carboxylic acid groups (broad SMARTS) is 1.